The van der Waals surface area contributed by atoms with Crippen LogP contribution in [0.2, 0.25) is 0 Å². The third-order valence-electron chi connectivity index (χ3n) is 4.71. The van der Waals surface area contributed by atoms with E-state index in [4.69, 9.17) is 14.2 Å². The standard InChI is InChI=1S/C16H24N2O5S/c1-12-7-13-14(23-11-22-13)8-15(12)24(19,20)18-9-16(10-21-2)3-5-17-6-4-16/h7-8,17-18H,3-6,9-11H2,1-2H3. The lowest BCUT2D eigenvalue weighted by atomic mass is 9.80. The second-order valence-corrected chi connectivity index (χ2v) is 8.21. The van der Waals surface area contributed by atoms with E-state index in [1.165, 1.54) is 6.07 Å². The van der Waals surface area contributed by atoms with Crippen LogP contribution in [0, 0.1) is 12.3 Å². The fourth-order valence-electron chi connectivity index (χ4n) is 3.28. The van der Waals surface area contributed by atoms with Crippen molar-refractivity contribution in [3.05, 3.63) is 17.7 Å². The molecule has 2 aliphatic heterocycles. The third kappa shape index (κ3) is 3.51. The minimum Gasteiger partial charge on any atom is -0.454 e. The number of ether oxygens (including phenoxy) is 3. The number of hydrogen-bond donors (Lipinski definition) is 2. The van der Waals surface area contributed by atoms with E-state index in [0.29, 0.717) is 30.2 Å². The number of nitrogens with one attached hydrogen (secondary N) is 2. The highest BCUT2D eigenvalue weighted by Gasteiger charge is 2.34. The summed E-state index contributed by atoms with van der Waals surface area (Å²) in [5.74, 6) is 1.05. The Bertz CT molecular complexity index is 693. The van der Waals surface area contributed by atoms with Gasteiger partial charge in [0.25, 0.3) is 0 Å². The van der Waals surface area contributed by atoms with Crippen LogP contribution in [0.4, 0.5) is 0 Å². The summed E-state index contributed by atoms with van der Waals surface area (Å²) < 4.78 is 44.3. The molecule has 1 saturated heterocycles. The van der Waals surface area contributed by atoms with Gasteiger partial charge >= 0.3 is 0 Å². The van der Waals surface area contributed by atoms with Crippen molar-refractivity contribution in [1.82, 2.24) is 10.0 Å². The van der Waals surface area contributed by atoms with Crippen LogP contribution in [0.25, 0.3) is 0 Å². The summed E-state index contributed by atoms with van der Waals surface area (Å²) in [6.45, 7) is 4.51. The Balaban J connectivity index is 1.78. The Kier molecular flexibility index (Phi) is 5.00. The van der Waals surface area contributed by atoms with Gasteiger partial charge in [-0.2, -0.15) is 0 Å². The first-order chi connectivity index (χ1) is 11.5. The van der Waals surface area contributed by atoms with E-state index in [-0.39, 0.29) is 17.1 Å². The van der Waals surface area contributed by atoms with Crippen LogP contribution in [0.15, 0.2) is 17.0 Å². The van der Waals surface area contributed by atoms with Crippen molar-refractivity contribution in [3.8, 4) is 11.5 Å². The summed E-state index contributed by atoms with van der Waals surface area (Å²) in [6.07, 6.45) is 1.76. The maximum absolute atomic E-state index is 12.8. The molecule has 0 atom stereocenters. The van der Waals surface area contributed by atoms with Gasteiger partial charge in [-0.1, -0.05) is 0 Å². The van der Waals surface area contributed by atoms with E-state index in [2.05, 4.69) is 10.0 Å². The Labute approximate surface area is 142 Å². The number of methoxy groups -OCH3 is 1. The number of sulfonamides is 1. The zero-order valence-electron chi connectivity index (χ0n) is 14.1. The van der Waals surface area contributed by atoms with E-state index < -0.39 is 10.0 Å². The molecule has 0 aliphatic carbocycles. The zero-order valence-corrected chi connectivity index (χ0v) is 14.9. The average Bonchev–Trinajstić information content (AvgIpc) is 3.01. The first kappa shape index (κ1) is 17.5. The van der Waals surface area contributed by atoms with Gasteiger partial charge in [0, 0.05) is 25.1 Å². The highest BCUT2D eigenvalue weighted by molar-refractivity contribution is 7.89. The molecule has 2 heterocycles. The smallest absolute Gasteiger partial charge is 0.240 e. The first-order valence-corrected chi connectivity index (χ1v) is 9.54. The summed E-state index contributed by atoms with van der Waals surface area (Å²) in [4.78, 5) is 0.230. The van der Waals surface area contributed by atoms with Crippen LogP contribution in [-0.4, -0.2) is 48.6 Å². The second kappa shape index (κ2) is 6.87. The van der Waals surface area contributed by atoms with Crippen LogP contribution >= 0.6 is 0 Å². The maximum atomic E-state index is 12.8. The highest BCUT2D eigenvalue weighted by atomic mass is 32.2. The summed E-state index contributed by atoms with van der Waals surface area (Å²) in [6, 6.07) is 3.23. The molecule has 134 valence electrons. The van der Waals surface area contributed by atoms with Gasteiger partial charge in [-0.05, 0) is 44.5 Å². The molecular weight excluding hydrogens is 332 g/mol. The van der Waals surface area contributed by atoms with Crippen LogP contribution in [-0.2, 0) is 14.8 Å². The fourth-order valence-corrected chi connectivity index (χ4v) is 4.67. The van der Waals surface area contributed by atoms with Crippen LogP contribution < -0.4 is 19.5 Å². The molecule has 0 spiro atoms. The number of aryl methyl sites for hydroxylation is 1. The van der Waals surface area contributed by atoms with Crippen LogP contribution in [0.5, 0.6) is 11.5 Å². The quantitative estimate of drug-likeness (QED) is 0.791. The molecule has 0 radical (unpaired) electrons. The Morgan fingerprint density at radius 3 is 2.58 bits per heavy atom. The normalized spacial score (nSPS) is 19.4. The van der Waals surface area contributed by atoms with Crippen molar-refractivity contribution in [2.75, 3.05) is 40.1 Å². The van der Waals surface area contributed by atoms with Crippen molar-refractivity contribution >= 4 is 10.0 Å². The molecule has 2 aliphatic rings. The van der Waals surface area contributed by atoms with Gasteiger partial charge in [-0.15, -0.1) is 0 Å². The lowest BCUT2D eigenvalue weighted by molar-refractivity contribution is 0.0577. The predicted molar refractivity (Wildman–Crippen MR) is 88.9 cm³/mol. The number of benzene rings is 1. The van der Waals surface area contributed by atoms with E-state index in [9.17, 15) is 8.42 Å². The zero-order chi connectivity index (χ0) is 17.2. The van der Waals surface area contributed by atoms with Crippen molar-refractivity contribution in [2.45, 2.75) is 24.7 Å². The number of piperidine rings is 1. The molecule has 8 heteroatoms. The van der Waals surface area contributed by atoms with Crippen LogP contribution in [0.1, 0.15) is 18.4 Å². The molecule has 0 saturated carbocycles. The molecule has 2 N–H and O–H groups in total. The summed E-state index contributed by atoms with van der Waals surface area (Å²) in [5.41, 5.74) is 0.468. The Morgan fingerprint density at radius 2 is 1.92 bits per heavy atom. The minimum absolute atomic E-state index is 0.121. The van der Waals surface area contributed by atoms with E-state index in [0.717, 1.165) is 25.9 Å². The van der Waals surface area contributed by atoms with Crippen molar-refractivity contribution in [3.63, 3.8) is 0 Å². The van der Waals surface area contributed by atoms with Gasteiger partial charge in [-0.3, -0.25) is 0 Å². The molecule has 3 rings (SSSR count). The van der Waals surface area contributed by atoms with Crippen LogP contribution in [0.3, 0.4) is 0 Å². The van der Waals surface area contributed by atoms with Gasteiger partial charge in [0.1, 0.15) is 0 Å². The van der Waals surface area contributed by atoms with Crippen molar-refractivity contribution in [1.29, 1.82) is 0 Å². The molecule has 7 nitrogen and oxygen atoms in total. The highest BCUT2D eigenvalue weighted by Crippen LogP contribution is 2.36. The molecule has 1 fully saturated rings. The fraction of sp³-hybridized carbons (Fsp3) is 0.625. The lowest BCUT2D eigenvalue weighted by Gasteiger charge is -2.37. The van der Waals surface area contributed by atoms with Gasteiger partial charge in [0.15, 0.2) is 11.5 Å². The van der Waals surface area contributed by atoms with E-state index in [1.807, 2.05) is 0 Å². The molecule has 0 bridgehead atoms. The van der Waals surface area contributed by atoms with Gasteiger partial charge in [-0.25, -0.2) is 13.1 Å². The summed E-state index contributed by atoms with van der Waals surface area (Å²) in [7, 11) is -1.98. The maximum Gasteiger partial charge on any atom is 0.240 e. The lowest BCUT2D eigenvalue weighted by Crippen LogP contribution is -2.47. The first-order valence-electron chi connectivity index (χ1n) is 8.05. The SMILES string of the molecule is COCC1(CNS(=O)(=O)c2cc3c(cc2C)OCO3)CCNCC1. The predicted octanol–water partition coefficient (Wildman–Crippen LogP) is 1.02. The Hall–Kier alpha value is -1.35. The molecule has 0 amide bonds. The van der Waals surface area contributed by atoms with E-state index in [1.54, 1.807) is 20.1 Å². The third-order valence-corrected chi connectivity index (χ3v) is 6.25. The van der Waals surface area contributed by atoms with Gasteiger partial charge in [0.2, 0.25) is 16.8 Å². The van der Waals surface area contributed by atoms with Gasteiger partial charge < -0.3 is 19.5 Å². The topological polar surface area (TPSA) is 85.9 Å². The molecule has 1 aromatic rings. The van der Waals surface area contributed by atoms with Crippen molar-refractivity contribution < 1.29 is 22.6 Å². The Morgan fingerprint density at radius 1 is 1.25 bits per heavy atom. The summed E-state index contributed by atoms with van der Waals surface area (Å²) >= 11 is 0. The molecule has 0 unspecified atom stereocenters. The summed E-state index contributed by atoms with van der Waals surface area (Å²) in [5, 5.41) is 3.30. The molecule has 24 heavy (non-hydrogen) atoms. The largest absolute Gasteiger partial charge is 0.454 e. The second-order valence-electron chi connectivity index (χ2n) is 6.48. The average molecular weight is 356 g/mol. The number of rotatable bonds is 6. The van der Waals surface area contributed by atoms with Gasteiger partial charge in [0.05, 0.1) is 11.5 Å². The minimum atomic E-state index is -3.63. The molecule has 1 aromatic carbocycles. The molecular formula is C16H24N2O5S. The van der Waals surface area contributed by atoms with Crippen molar-refractivity contribution in [2.24, 2.45) is 5.41 Å². The molecule has 0 aromatic heterocycles. The number of hydrogen-bond acceptors (Lipinski definition) is 6. The number of fused-ring (bicyclic) bond motifs is 1. The van der Waals surface area contributed by atoms with E-state index >= 15 is 0 Å². The monoisotopic (exact) mass is 356 g/mol.